The molecule has 2 heterocycles. The number of hydrogen-bond acceptors (Lipinski definition) is 7. The Bertz CT molecular complexity index is 1310. The first-order valence-corrected chi connectivity index (χ1v) is 12.7. The van der Waals surface area contributed by atoms with Crippen LogP contribution in [0.2, 0.25) is 5.02 Å². The van der Waals surface area contributed by atoms with Crippen molar-refractivity contribution in [1.29, 1.82) is 0 Å². The molecule has 0 bridgehead atoms. The maximum Gasteiger partial charge on any atom is 0.261 e. The van der Waals surface area contributed by atoms with Gasteiger partial charge in [-0.15, -0.1) is 0 Å². The number of rotatable bonds is 4. The molecule has 0 amide bonds. The van der Waals surface area contributed by atoms with Crippen LogP contribution in [0.15, 0.2) is 47.4 Å². The lowest BCUT2D eigenvalue weighted by atomic mass is 9.88. The molecule has 0 radical (unpaired) electrons. The van der Waals surface area contributed by atoms with Gasteiger partial charge < -0.3 is 15.5 Å². The van der Waals surface area contributed by atoms with Gasteiger partial charge in [0.15, 0.2) is 0 Å². The van der Waals surface area contributed by atoms with Crippen molar-refractivity contribution in [2.45, 2.75) is 17.7 Å². The van der Waals surface area contributed by atoms with Crippen molar-refractivity contribution in [3.8, 4) is 11.3 Å². The molecule has 10 heteroatoms. The van der Waals surface area contributed by atoms with E-state index in [4.69, 9.17) is 17.3 Å². The van der Waals surface area contributed by atoms with Gasteiger partial charge in [-0.2, -0.15) is 4.98 Å². The van der Waals surface area contributed by atoms with Crippen LogP contribution in [0.25, 0.3) is 11.3 Å². The van der Waals surface area contributed by atoms with Gasteiger partial charge in [0, 0.05) is 48.0 Å². The van der Waals surface area contributed by atoms with E-state index in [9.17, 15) is 8.42 Å². The summed E-state index contributed by atoms with van der Waals surface area (Å²) in [6.07, 6.45) is 1.55. The standard InChI is InChI=1S/C23H25ClN6O2S/c1-29-10-12-30(13-11-29)22-20-8-2-15-14-17(5-9-19(15)21(20)26-23(25)27-22)28-33(31,32)18-6-3-16(24)4-7-18/h3-7,9,14,28H,2,8,10-13H2,1H3,(H2,25,26,27). The summed E-state index contributed by atoms with van der Waals surface area (Å²) >= 11 is 5.88. The van der Waals surface area contributed by atoms with E-state index in [1.54, 1.807) is 18.2 Å². The molecule has 3 aromatic rings. The minimum atomic E-state index is -3.71. The maximum absolute atomic E-state index is 12.8. The van der Waals surface area contributed by atoms with Crippen LogP contribution in [-0.2, 0) is 22.9 Å². The van der Waals surface area contributed by atoms with E-state index in [1.807, 2.05) is 12.1 Å². The van der Waals surface area contributed by atoms with Crippen molar-refractivity contribution in [1.82, 2.24) is 14.9 Å². The van der Waals surface area contributed by atoms with Crippen LogP contribution in [-0.4, -0.2) is 56.5 Å². The normalized spacial score (nSPS) is 16.2. The molecule has 2 aliphatic rings. The number of aryl methyl sites for hydroxylation is 1. The molecule has 5 rings (SSSR count). The molecule has 0 saturated carbocycles. The van der Waals surface area contributed by atoms with Crippen LogP contribution >= 0.6 is 11.6 Å². The fourth-order valence-corrected chi connectivity index (χ4v) is 5.58. The summed E-state index contributed by atoms with van der Waals surface area (Å²) in [6, 6.07) is 11.6. The van der Waals surface area contributed by atoms with Gasteiger partial charge in [0.25, 0.3) is 10.0 Å². The first kappa shape index (κ1) is 21.9. The predicted molar refractivity (Wildman–Crippen MR) is 131 cm³/mol. The van der Waals surface area contributed by atoms with Gasteiger partial charge in [-0.1, -0.05) is 17.7 Å². The van der Waals surface area contributed by atoms with Crippen LogP contribution in [0.4, 0.5) is 17.5 Å². The Kier molecular flexibility index (Phi) is 5.64. The topological polar surface area (TPSA) is 104 Å². The van der Waals surface area contributed by atoms with Gasteiger partial charge >= 0.3 is 0 Å². The molecule has 33 heavy (non-hydrogen) atoms. The Hall–Kier alpha value is -2.88. The number of piperazine rings is 1. The molecular weight excluding hydrogens is 460 g/mol. The van der Waals surface area contributed by atoms with Crippen LogP contribution < -0.4 is 15.4 Å². The third kappa shape index (κ3) is 4.36. The van der Waals surface area contributed by atoms with Crippen molar-refractivity contribution in [3.05, 3.63) is 58.6 Å². The van der Waals surface area contributed by atoms with Gasteiger partial charge in [-0.3, -0.25) is 4.72 Å². The molecule has 1 saturated heterocycles. The number of sulfonamides is 1. The Morgan fingerprint density at radius 3 is 2.45 bits per heavy atom. The first-order chi connectivity index (χ1) is 15.8. The fourth-order valence-electron chi connectivity index (χ4n) is 4.40. The number of aromatic nitrogens is 2. The second-order valence-electron chi connectivity index (χ2n) is 8.45. The Morgan fingerprint density at radius 2 is 1.73 bits per heavy atom. The van der Waals surface area contributed by atoms with Gasteiger partial charge in [-0.05, 0) is 61.9 Å². The lowest BCUT2D eigenvalue weighted by Crippen LogP contribution is -2.45. The van der Waals surface area contributed by atoms with Crippen molar-refractivity contribution in [2.75, 3.05) is 48.6 Å². The van der Waals surface area contributed by atoms with E-state index in [0.717, 1.165) is 67.2 Å². The first-order valence-electron chi connectivity index (χ1n) is 10.8. The Labute approximate surface area is 198 Å². The summed E-state index contributed by atoms with van der Waals surface area (Å²) in [5.41, 5.74) is 10.6. The third-order valence-electron chi connectivity index (χ3n) is 6.19. The number of nitrogens with two attached hydrogens (primary N) is 1. The number of hydrogen-bond donors (Lipinski definition) is 2. The van der Waals surface area contributed by atoms with E-state index in [2.05, 4.69) is 31.5 Å². The highest BCUT2D eigenvalue weighted by Gasteiger charge is 2.27. The number of nitrogens with one attached hydrogen (secondary N) is 1. The number of fused-ring (bicyclic) bond motifs is 3. The molecule has 1 aliphatic heterocycles. The lowest BCUT2D eigenvalue weighted by Gasteiger charge is -2.35. The zero-order valence-electron chi connectivity index (χ0n) is 18.3. The molecule has 2 aromatic carbocycles. The van der Waals surface area contributed by atoms with Crippen LogP contribution in [0.3, 0.4) is 0 Å². The van der Waals surface area contributed by atoms with Crippen molar-refractivity contribution >= 4 is 39.1 Å². The molecule has 1 fully saturated rings. The molecule has 8 nitrogen and oxygen atoms in total. The van der Waals surface area contributed by atoms with Crippen LogP contribution in [0.5, 0.6) is 0 Å². The molecule has 0 spiro atoms. The second kappa shape index (κ2) is 8.48. The maximum atomic E-state index is 12.8. The Balaban J connectivity index is 1.46. The van der Waals surface area contributed by atoms with Crippen LogP contribution in [0.1, 0.15) is 11.1 Å². The molecule has 1 aliphatic carbocycles. The molecule has 1 aromatic heterocycles. The third-order valence-corrected chi connectivity index (χ3v) is 7.84. The zero-order valence-corrected chi connectivity index (χ0v) is 19.8. The summed E-state index contributed by atoms with van der Waals surface area (Å²) in [5, 5.41) is 0.485. The van der Waals surface area contributed by atoms with Crippen molar-refractivity contribution < 1.29 is 8.42 Å². The van der Waals surface area contributed by atoms with E-state index in [0.29, 0.717) is 10.7 Å². The minimum absolute atomic E-state index is 0.160. The molecule has 0 atom stereocenters. The van der Waals surface area contributed by atoms with Crippen molar-refractivity contribution in [2.24, 2.45) is 0 Å². The molecular formula is C23H25ClN6O2S. The quantitative estimate of drug-likeness (QED) is 0.586. The predicted octanol–water partition coefficient (Wildman–Crippen LogP) is 3.03. The largest absolute Gasteiger partial charge is 0.368 e. The van der Waals surface area contributed by atoms with Gasteiger partial charge in [-0.25, -0.2) is 13.4 Å². The molecule has 0 unspecified atom stereocenters. The second-order valence-corrected chi connectivity index (χ2v) is 10.6. The van der Waals surface area contributed by atoms with E-state index in [-0.39, 0.29) is 10.8 Å². The number of nitrogen functional groups attached to an aromatic ring is 1. The SMILES string of the molecule is CN1CCN(c2nc(N)nc3c2CCc2cc(NS(=O)(=O)c4ccc(Cl)cc4)ccc2-3)CC1. The number of nitrogens with zero attached hydrogens (tertiary/aromatic N) is 4. The summed E-state index contributed by atoms with van der Waals surface area (Å²) in [5.74, 6) is 1.17. The zero-order chi connectivity index (χ0) is 23.2. The highest BCUT2D eigenvalue weighted by atomic mass is 35.5. The Morgan fingerprint density at radius 1 is 1.00 bits per heavy atom. The van der Waals surface area contributed by atoms with Gasteiger partial charge in [0.1, 0.15) is 5.82 Å². The average Bonchev–Trinajstić information content (AvgIpc) is 2.79. The minimum Gasteiger partial charge on any atom is -0.368 e. The highest BCUT2D eigenvalue weighted by molar-refractivity contribution is 7.92. The summed E-state index contributed by atoms with van der Waals surface area (Å²) in [4.78, 5) is 13.9. The molecule has 172 valence electrons. The van der Waals surface area contributed by atoms with Crippen molar-refractivity contribution in [3.63, 3.8) is 0 Å². The van der Waals surface area contributed by atoms with Gasteiger partial charge in [0.05, 0.1) is 10.6 Å². The van der Waals surface area contributed by atoms with E-state index < -0.39 is 10.0 Å². The number of benzene rings is 2. The summed E-state index contributed by atoms with van der Waals surface area (Å²) < 4.78 is 28.2. The molecule has 3 N–H and O–H groups in total. The van der Waals surface area contributed by atoms with E-state index in [1.165, 1.54) is 12.1 Å². The van der Waals surface area contributed by atoms with Gasteiger partial charge in [0.2, 0.25) is 5.95 Å². The smallest absolute Gasteiger partial charge is 0.261 e. The monoisotopic (exact) mass is 484 g/mol. The number of likely N-dealkylation sites (N-methyl/N-ethyl adjacent to an activating group) is 1. The average molecular weight is 485 g/mol. The summed E-state index contributed by atoms with van der Waals surface area (Å²) in [7, 11) is -1.59. The number of halogens is 1. The van der Waals surface area contributed by atoms with E-state index >= 15 is 0 Å². The summed E-state index contributed by atoms with van der Waals surface area (Å²) in [6.45, 7) is 3.76. The fraction of sp³-hybridized carbons (Fsp3) is 0.304. The van der Waals surface area contributed by atoms with Crippen LogP contribution in [0, 0.1) is 0 Å². The number of anilines is 3. The highest BCUT2D eigenvalue weighted by Crippen LogP contribution is 2.38. The lowest BCUT2D eigenvalue weighted by molar-refractivity contribution is 0.312.